The first-order valence-electron chi connectivity index (χ1n) is 5.45. The van der Waals surface area contributed by atoms with Crippen LogP contribution in [-0.4, -0.2) is 17.2 Å². The molecule has 0 saturated heterocycles. The molecule has 2 aromatic rings. The molecule has 1 atom stereocenters. The highest BCUT2D eigenvalue weighted by Crippen LogP contribution is 2.26. The van der Waals surface area contributed by atoms with E-state index in [-0.39, 0.29) is 0 Å². The highest BCUT2D eigenvalue weighted by molar-refractivity contribution is 5.39. The summed E-state index contributed by atoms with van der Waals surface area (Å²) in [7, 11) is 1.63. The van der Waals surface area contributed by atoms with Crippen LogP contribution in [-0.2, 0) is 0 Å². The topological polar surface area (TPSA) is 42.4 Å². The van der Waals surface area contributed by atoms with E-state index in [1.165, 1.54) is 0 Å². The molecule has 1 unspecified atom stereocenters. The fourth-order valence-corrected chi connectivity index (χ4v) is 1.80. The number of aliphatic hydroxyl groups is 1. The number of ether oxygens (including phenoxy) is 1. The van der Waals surface area contributed by atoms with Crippen LogP contribution in [0.25, 0.3) is 0 Å². The minimum absolute atomic E-state index is 0.644. The molecule has 2 rings (SSSR count). The Balaban J connectivity index is 2.34. The van der Waals surface area contributed by atoms with Crippen LogP contribution in [0.3, 0.4) is 0 Å². The Hall–Kier alpha value is -1.87. The van der Waals surface area contributed by atoms with E-state index in [4.69, 9.17) is 4.74 Å². The molecule has 0 fully saturated rings. The molecule has 0 radical (unpaired) electrons. The van der Waals surface area contributed by atoms with E-state index in [1.54, 1.807) is 19.5 Å². The van der Waals surface area contributed by atoms with Gasteiger partial charge < -0.3 is 9.84 Å². The van der Waals surface area contributed by atoms with Gasteiger partial charge in [-0.25, -0.2) is 0 Å². The SMILES string of the molecule is COc1ccc(C(O)c2cccnc2)c(C)c1. The van der Waals surface area contributed by atoms with Gasteiger partial charge in [0.05, 0.1) is 7.11 Å². The lowest BCUT2D eigenvalue weighted by atomic mass is 9.98. The van der Waals surface area contributed by atoms with Crippen LogP contribution in [0.4, 0.5) is 0 Å². The molecule has 3 heteroatoms. The Morgan fingerprint density at radius 2 is 2.12 bits per heavy atom. The van der Waals surface area contributed by atoms with Crippen LogP contribution in [0.2, 0.25) is 0 Å². The number of methoxy groups -OCH3 is 1. The van der Waals surface area contributed by atoms with Crippen molar-refractivity contribution >= 4 is 0 Å². The predicted molar refractivity (Wildman–Crippen MR) is 66.0 cm³/mol. The average Bonchev–Trinajstić information content (AvgIpc) is 2.39. The van der Waals surface area contributed by atoms with E-state index in [0.29, 0.717) is 0 Å². The van der Waals surface area contributed by atoms with Crippen molar-refractivity contribution in [2.45, 2.75) is 13.0 Å². The second-order valence-corrected chi connectivity index (χ2v) is 3.91. The molecule has 0 aliphatic carbocycles. The monoisotopic (exact) mass is 229 g/mol. The summed E-state index contributed by atoms with van der Waals surface area (Å²) in [5, 5.41) is 10.3. The van der Waals surface area contributed by atoms with E-state index < -0.39 is 6.10 Å². The van der Waals surface area contributed by atoms with Crippen molar-refractivity contribution < 1.29 is 9.84 Å². The lowest BCUT2D eigenvalue weighted by Gasteiger charge is -2.14. The molecule has 0 aliphatic heterocycles. The Bertz CT molecular complexity index is 497. The van der Waals surface area contributed by atoms with Gasteiger partial charge in [-0.05, 0) is 36.2 Å². The minimum atomic E-state index is -0.644. The summed E-state index contributed by atoms with van der Waals surface area (Å²) in [6.45, 7) is 1.96. The molecule has 0 aliphatic rings. The summed E-state index contributed by atoms with van der Waals surface area (Å²) in [5.41, 5.74) is 2.67. The number of hydrogen-bond donors (Lipinski definition) is 1. The van der Waals surface area contributed by atoms with Gasteiger partial charge in [0.25, 0.3) is 0 Å². The van der Waals surface area contributed by atoms with Crippen molar-refractivity contribution in [1.82, 2.24) is 4.98 Å². The largest absolute Gasteiger partial charge is 0.497 e. The van der Waals surface area contributed by atoms with E-state index >= 15 is 0 Å². The highest BCUT2D eigenvalue weighted by Gasteiger charge is 2.13. The zero-order valence-corrected chi connectivity index (χ0v) is 9.92. The van der Waals surface area contributed by atoms with Crippen molar-refractivity contribution in [3.8, 4) is 5.75 Å². The number of aryl methyl sites for hydroxylation is 1. The van der Waals surface area contributed by atoms with Gasteiger partial charge in [-0.1, -0.05) is 12.1 Å². The molecule has 3 nitrogen and oxygen atoms in total. The smallest absolute Gasteiger partial charge is 0.119 e. The van der Waals surface area contributed by atoms with Crippen molar-refractivity contribution in [1.29, 1.82) is 0 Å². The molecule has 0 bridgehead atoms. The van der Waals surface area contributed by atoms with Crippen molar-refractivity contribution in [3.05, 3.63) is 59.4 Å². The number of rotatable bonds is 3. The van der Waals surface area contributed by atoms with E-state index in [2.05, 4.69) is 4.98 Å². The standard InChI is InChI=1S/C14H15NO2/c1-10-8-12(17-2)5-6-13(10)14(16)11-4-3-7-15-9-11/h3-9,14,16H,1-2H3. The number of benzene rings is 1. The van der Waals surface area contributed by atoms with Crippen LogP contribution in [0, 0.1) is 6.92 Å². The molecular weight excluding hydrogens is 214 g/mol. The number of nitrogens with zero attached hydrogens (tertiary/aromatic N) is 1. The third-order valence-corrected chi connectivity index (χ3v) is 2.77. The summed E-state index contributed by atoms with van der Waals surface area (Å²) in [4.78, 5) is 4.01. The van der Waals surface area contributed by atoms with Gasteiger partial charge >= 0.3 is 0 Å². The lowest BCUT2D eigenvalue weighted by Crippen LogP contribution is -2.02. The lowest BCUT2D eigenvalue weighted by molar-refractivity contribution is 0.219. The highest BCUT2D eigenvalue weighted by atomic mass is 16.5. The van der Waals surface area contributed by atoms with E-state index in [1.807, 2.05) is 37.3 Å². The van der Waals surface area contributed by atoms with Crippen molar-refractivity contribution in [2.24, 2.45) is 0 Å². The molecule has 88 valence electrons. The third-order valence-electron chi connectivity index (χ3n) is 2.77. The van der Waals surface area contributed by atoms with Crippen LogP contribution in [0.1, 0.15) is 22.8 Å². The number of pyridine rings is 1. The second-order valence-electron chi connectivity index (χ2n) is 3.91. The molecule has 1 aromatic carbocycles. The normalized spacial score (nSPS) is 12.2. The van der Waals surface area contributed by atoms with Gasteiger partial charge in [0.2, 0.25) is 0 Å². The van der Waals surface area contributed by atoms with Crippen LogP contribution in [0.5, 0.6) is 5.75 Å². The maximum absolute atomic E-state index is 10.3. The Kier molecular flexibility index (Phi) is 3.40. The maximum Gasteiger partial charge on any atom is 0.119 e. The Morgan fingerprint density at radius 3 is 2.71 bits per heavy atom. The zero-order valence-electron chi connectivity index (χ0n) is 9.92. The van der Waals surface area contributed by atoms with Gasteiger partial charge in [-0.2, -0.15) is 0 Å². The average molecular weight is 229 g/mol. The van der Waals surface area contributed by atoms with Crippen molar-refractivity contribution in [3.63, 3.8) is 0 Å². The molecule has 17 heavy (non-hydrogen) atoms. The predicted octanol–water partition coefficient (Wildman–Crippen LogP) is 2.48. The zero-order chi connectivity index (χ0) is 12.3. The fraction of sp³-hybridized carbons (Fsp3) is 0.214. The first-order valence-corrected chi connectivity index (χ1v) is 5.45. The summed E-state index contributed by atoms with van der Waals surface area (Å²) in [6, 6.07) is 9.32. The van der Waals surface area contributed by atoms with Gasteiger partial charge in [0.15, 0.2) is 0 Å². The maximum atomic E-state index is 10.3. The molecule has 1 aromatic heterocycles. The molecular formula is C14H15NO2. The van der Waals surface area contributed by atoms with Crippen LogP contribution >= 0.6 is 0 Å². The van der Waals surface area contributed by atoms with Crippen LogP contribution < -0.4 is 4.74 Å². The second kappa shape index (κ2) is 4.97. The van der Waals surface area contributed by atoms with Gasteiger partial charge in [0.1, 0.15) is 11.9 Å². The fourth-order valence-electron chi connectivity index (χ4n) is 1.80. The Labute approximate surface area is 101 Å². The summed E-state index contributed by atoms with van der Waals surface area (Å²) < 4.78 is 5.14. The molecule has 0 amide bonds. The summed E-state index contributed by atoms with van der Waals surface area (Å²) in [5.74, 6) is 0.796. The number of hydrogen-bond acceptors (Lipinski definition) is 3. The first-order chi connectivity index (χ1) is 8.22. The van der Waals surface area contributed by atoms with Crippen LogP contribution in [0.15, 0.2) is 42.7 Å². The summed E-state index contributed by atoms with van der Waals surface area (Å²) >= 11 is 0. The molecule has 0 saturated carbocycles. The van der Waals surface area contributed by atoms with Gasteiger partial charge in [-0.3, -0.25) is 4.98 Å². The van der Waals surface area contributed by atoms with Gasteiger partial charge in [0, 0.05) is 18.0 Å². The van der Waals surface area contributed by atoms with E-state index in [0.717, 1.165) is 22.4 Å². The first kappa shape index (κ1) is 11.6. The number of aromatic nitrogens is 1. The van der Waals surface area contributed by atoms with E-state index in [9.17, 15) is 5.11 Å². The Morgan fingerprint density at radius 1 is 1.29 bits per heavy atom. The van der Waals surface area contributed by atoms with Crippen molar-refractivity contribution in [2.75, 3.05) is 7.11 Å². The third kappa shape index (κ3) is 2.45. The molecule has 0 spiro atoms. The minimum Gasteiger partial charge on any atom is -0.497 e. The molecule has 1 heterocycles. The summed E-state index contributed by atoms with van der Waals surface area (Å²) in [6.07, 6.45) is 2.72. The molecule has 1 N–H and O–H groups in total. The van der Waals surface area contributed by atoms with Gasteiger partial charge in [-0.15, -0.1) is 0 Å². The number of aliphatic hydroxyl groups excluding tert-OH is 1. The quantitative estimate of drug-likeness (QED) is 0.879.